The highest BCUT2D eigenvalue weighted by Crippen LogP contribution is 2.20. The van der Waals surface area contributed by atoms with Crippen LogP contribution in [0.5, 0.6) is 0 Å². The molecule has 0 spiro atoms. The Balaban J connectivity index is 2.56. The smallest absolute Gasteiger partial charge is 0.359 e. The third-order valence-corrected chi connectivity index (χ3v) is 2.34. The van der Waals surface area contributed by atoms with Gasteiger partial charge >= 0.3 is 6.18 Å². The lowest BCUT2D eigenvalue weighted by Gasteiger charge is -2.14. The molecule has 1 N–H and O–H groups in total. The highest BCUT2D eigenvalue weighted by Gasteiger charge is 2.29. The summed E-state index contributed by atoms with van der Waals surface area (Å²) in [6.07, 6.45) is -5.81. The van der Waals surface area contributed by atoms with Crippen molar-refractivity contribution in [2.45, 2.75) is 19.2 Å². The molecule has 0 heterocycles. The van der Waals surface area contributed by atoms with Crippen molar-refractivity contribution in [1.29, 1.82) is 0 Å². The summed E-state index contributed by atoms with van der Waals surface area (Å²) in [6, 6.07) is 3.40. The van der Waals surface area contributed by atoms with Gasteiger partial charge in [0.25, 0.3) is 5.91 Å². The van der Waals surface area contributed by atoms with Crippen LogP contribution in [0.15, 0.2) is 18.2 Å². The number of nitrogens with one attached hydrogen (secondary N) is 1. The minimum atomic E-state index is -4.51. The Kier molecular flexibility index (Phi) is 5.13. The van der Waals surface area contributed by atoms with E-state index >= 15 is 0 Å². The molecule has 19 heavy (non-hydrogen) atoms. The van der Waals surface area contributed by atoms with Crippen LogP contribution in [0.1, 0.15) is 6.92 Å². The quantitative estimate of drug-likeness (QED) is 0.866. The van der Waals surface area contributed by atoms with Crippen LogP contribution in [0.2, 0.25) is 5.02 Å². The van der Waals surface area contributed by atoms with Crippen LogP contribution >= 0.6 is 11.6 Å². The number of rotatable bonds is 4. The van der Waals surface area contributed by atoms with E-state index in [9.17, 15) is 22.4 Å². The zero-order chi connectivity index (χ0) is 14.6. The van der Waals surface area contributed by atoms with Crippen LogP contribution < -0.4 is 5.32 Å². The van der Waals surface area contributed by atoms with Crippen molar-refractivity contribution in [1.82, 2.24) is 0 Å². The molecule has 1 atom stereocenters. The molecule has 1 amide bonds. The maximum atomic E-state index is 12.9. The van der Waals surface area contributed by atoms with E-state index in [0.717, 1.165) is 12.1 Å². The Morgan fingerprint density at radius 2 is 2.11 bits per heavy atom. The van der Waals surface area contributed by atoms with Gasteiger partial charge in [0.05, 0.1) is 5.02 Å². The van der Waals surface area contributed by atoms with Crippen LogP contribution in [0.25, 0.3) is 0 Å². The average Bonchev–Trinajstić information content (AvgIpc) is 2.29. The Bertz CT molecular complexity index is 464. The van der Waals surface area contributed by atoms with Gasteiger partial charge in [0.1, 0.15) is 18.5 Å². The van der Waals surface area contributed by atoms with E-state index in [0.29, 0.717) is 0 Å². The molecule has 0 saturated carbocycles. The van der Waals surface area contributed by atoms with Gasteiger partial charge in [-0.3, -0.25) is 4.79 Å². The fraction of sp³-hybridized carbons (Fsp3) is 0.364. The topological polar surface area (TPSA) is 38.3 Å². The molecule has 0 aliphatic heterocycles. The number of amides is 1. The highest BCUT2D eigenvalue weighted by atomic mass is 35.5. The fourth-order valence-electron chi connectivity index (χ4n) is 1.11. The van der Waals surface area contributed by atoms with Gasteiger partial charge in [-0.25, -0.2) is 4.39 Å². The first-order chi connectivity index (χ1) is 8.69. The second kappa shape index (κ2) is 6.21. The SMILES string of the molecule is C[C@@H](OCC(F)(F)F)C(=O)Nc1ccc(F)c(Cl)c1. The molecule has 0 aliphatic carbocycles. The maximum absolute atomic E-state index is 12.9. The largest absolute Gasteiger partial charge is 0.411 e. The molecule has 0 aromatic heterocycles. The standard InChI is InChI=1S/C11H10ClF4NO2/c1-6(19-5-11(14,15)16)10(18)17-7-2-3-9(13)8(12)4-7/h2-4,6H,5H2,1H3,(H,17,18)/t6-/m1/s1. The summed E-state index contributed by atoms with van der Waals surface area (Å²) in [4.78, 5) is 11.5. The van der Waals surface area contributed by atoms with Gasteiger partial charge in [0.2, 0.25) is 0 Å². The van der Waals surface area contributed by atoms with Crippen molar-refractivity contribution >= 4 is 23.2 Å². The molecule has 8 heteroatoms. The fourth-order valence-corrected chi connectivity index (χ4v) is 1.29. The molecule has 1 rings (SSSR count). The lowest BCUT2D eigenvalue weighted by molar-refractivity contribution is -0.184. The van der Waals surface area contributed by atoms with Crippen molar-refractivity contribution in [3.05, 3.63) is 29.0 Å². The molecule has 1 aromatic carbocycles. The third kappa shape index (κ3) is 5.44. The number of benzene rings is 1. The normalized spacial score (nSPS) is 13.2. The van der Waals surface area contributed by atoms with Gasteiger partial charge in [0, 0.05) is 5.69 Å². The minimum absolute atomic E-state index is 0.166. The molecule has 0 saturated heterocycles. The van der Waals surface area contributed by atoms with Crippen LogP contribution in [0.3, 0.4) is 0 Å². The maximum Gasteiger partial charge on any atom is 0.411 e. The van der Waals surface area contributed by atoms with E-state index in [1.54, 1.807) is 0 Å². The minimum Gasteiger partial charge on any atom is -0.359 e. The number of carbonyl (C=O) groups is 1. The zero-order valence-electron chi connectivity index (χ0n) is 9.72. The number of hydrogen-bond acceptors (Lipinski definition) is 2. The van der Waals surface area contributed by atoms with Crippen LogP contribution in [-0.4, -0.2) is 24.8 Å². The van der Waals surface area contributed by atoms with Crippen molar-refractivity contribution in [3.63, 3.8) is 0 Å². The number of hydrogen-bond donors (Lipinski definition) is 1. The van der Waals surface area contributed by atoms with Crippen molar-refractivity contribution in [2.75, 3.05) is 11.9 Å². The number of ether oxygens (including phenoxy) is 1. The number of alkyl halides is 3. The lowest BCUT2D eigenvalue weighted by atomic mass is 10.3. The molecule has 0 radical (unpaired) electrons. The molecule has 106 valence electrons. The molecule has 0 bridgehead atoms. The Morgan fingerprint density at radius 1 is 1.47 bits per heavy atom. The van der Waals surface area contributed by atoms with Gasteiger partial charge in [-0.15, -0.1) is 0 Å². The van der Waals surface area contributed by atoms with E-state index in [1.807, 2.05) is 0 Å². The summed E-state index contributed by atoms with van der Waals surface area (Å²) in [5, 5.41) is 2.06. The summed E-state index contributed by atoms with van der Waals surface area (Å²) in [6.45, 7) is -0.349. The summed E-state index contributed by atoms with van der Waals surface area (Å²) in [7, 11) is 0. The van der Waals surface area contributed by atoms with Gasteiger partial charge in [-0.1, -0.05) is 11.6 Å². The second-order valence-corrected chi connectivity index (χ2v) is 4.09. The zero-order valence-corrected chi connectivity index (χ0v) is 10.5. The molecule has 0 aliphatic rings. The first kappa shape index (κ1) is 15.7. The van der Waals surface area contributed by atoms with Gasteiger partial charge in [0.15, 0.2) is 0 Å². The van der Waals surface area contributed by atoms with E-state index in [-0.39, 0.29) is 10.7 Å². The number of carbonyl (C=O) groups excluding carboxylic acids is 1. The van der Waals surface area contributed by atoms with Crippen LogP contribution in [-0.2, 0) is 9.53 Å². The molecule has 0 fully saturated rings. The molecule has 3 nitrogen and oxygen atoms in total. The van der Waals surface area contributed by atoms with Crippen molar-refractivity contribution < 1.29 is 27.1 Å². The predicted octanol–water partition coefficient (Wildman–Crippen LogP) is 3.39. The monoisotopic (exact) mass is 299 g/mol. The predicted molar refractivity (Wildman–Crippen MR) is 61.5 cm³/mol. The Labute approximate surface area is 111 Å². The highest BCUT2D eigenvalue weighted by molar-refractivity contribution is 6.31. The van der Waals surface area contributed by atoms with Crippen LogP contribution in [0, 0.1) is 5.82 Å². The summed E-state index contributed by atoms with van der Waals surface area (Å²) in [5.74, 6) is -1.45. The first-order valence-electron chi connectivity index (χ1n) is 5.13. The average molecular weight is 300 g/mol. The number of anilines is 1. The Hall–Kier alpha value is -1.34. The van der Waals surface area contributed by atoms with E-state index in [4.69, 9.17) is 11.6 Å². The van der Waals surface area contributed by atoms with Crippen LogP contribution in [0.4, 0.5) is 23.2 Å². The third-order valence-electron chi connectivity index (χ3n) is 2.05. The first-order valence-corrected chi connectivity index (χ1v) is 5.51. The van der Waals surface area contributed by atoms with Gasteiger partial charge in [-0.2, -0.15) is 13.2 Å². The van der Waals surface area contributed by atoms with E-state index in [2.05, 4.69) is 10.1 Å². The van der Waals surface area contributed by atoms with Crippen molar-refractivity contribution in [2.24, 2.45) is 0 Å². The molecular weight excluding hydrogens is 290 g/mol. The molecule has 1 aromatic rings. The van der Waals surface area contributed by atoms with Gasteiger partial charge < -0.3 is 10.1 Å². The van der Waals surface area contributed by atoms with E-state index in [1.165, 1.54) is 13.0 Å². The molecule has 0 unspecified atom stereocenters. The summed E-state index contributed by atoms with van der Waals surface area (Å²) < 4.78 is 52.9. The second-order valence-electron chi connectivity index (χ2n) is 3.69. The summed E-state index contributed by atoms with van der Waals surface area (Å²) in [5.41, 5.74) is 0.166. The Morgan fingerprint density at radius 3 is 2.63 bits per heavy atom. The van der Waals surface area contributed by atoms with Crippen molar-refractivity contribution in [3.8, 4) is 0 Å². The van der Waals surface area contributed by atoms with Gasteiger partial charge in [-0.05, 0) is 25.1 Å². The molecular formula is C11H10ClF4NO2. The summed E-state index contributed by atoms with van der Waals surface area (Å²) >= 11 is 5.49. The lowest BCUT2D eigenvalue weighted by Crippen LogP contribution is -2.31. The number of halogens is 5. The van der Waals surface area contributed by atoms with E-state index < -0.39 is 30.6 Å².